The Morgan fingerprint density at radius 2 is 2.60 bits per heavy atom. The minimum Gasteiger partial charge on any atom is -0.464 e. The van der Waals surface area contributed by atoms with Crippen LogP contribution in [-0.4, -0.2) is 23.3 Å². The molecule has 0 unspecified atom stereocenters. The van der Waals surface area contributed by atoms with E-state index in [4.69, 9.17) is 0 Å². The van der Waals surface area contributed by atoms with Gasteiger partial charge in [0, 0.05) is 7.62 Å². The molecule has 0 aliphatic heterocycles. The Hall–Kier alpha value is -1.45. The lowest BCUT2D eigenvalue weighted by Gasteiger charge is -1.93. The van der Waals surface area contributed by atoms with Crippen LogP contribution in [0.1, 0.15) is 11.9 Å². The number of nitrogens with zero attached hydrogens (tertiary/aromatic N) is 2. The van der Waals surface area contributed by atoms with E-state index < -0.39 is 5.97 Å². The first-order valence-electron chi connectivity index (χ1n) is 2.70. The molecular formula is C6H8N2O2. The molecule has 1 aromatic heterocycles. The summed E-state index contributed by atoms with van der Waals surface area (Å²) in [4.78, 5) is 10.7. The van der Waals surface area contributed by atoms with Crippen molar-refractivity contribution in [2.75, 3.05) is 7.11 Å². The largest absolute Gasteiger partial charge is 0.464 e. The molecule has 0 saturated carbocycles. The molecule has 0 amide bonds. The molecule has 0 spiro atoms. The molecule has 0 aromatic carbocycles. The van der Waals surface area contributed by atoms with Gasteiger partial charge >= 0.3 is 5.97 Å². The fourth-order valence-corrected chi connectivity index (χ4v) is 0.515. The molecule has 0 atom stereocenters. The van der Waals surface area contributed by atoms with Gasteiger partial charge in [-0.25, -0.2) is 4.79 Å². The van der Waals surface area contributed by atoms with Crippen LogP contribution in [0.3, 0.4) is 0 Å². The first kappa shape index (κ1) is 6.67. The zero-order chi connectivity index (χ0) is 7.40. The van der Waals surface area contributed by atoms with Crippen LogP contribution in [-0.2, 0) is 4.74 Å². The third-order valence-electron chi connectivity index (χ3n) is 0.967. The molecule has 54 valence electrons. The highest BCUT2D eigenvalue weighted by Crippen LogP contribution is 1.91. The van der Waals surface area contributed by atoms with E-state index in [9.17, 15) is 4.79 Å². The van der Waals surface area contributed by atoms with Crippen molar-refractivity contribution in [2.24, 2.45) is 0 Å². The van der Waals surface area contributed by atoms with Crippen molar-refractivity contribution in [3.63, 3.8) is 0 Å². The Morgan fingerprint density at radius 3 is 3.10 bits per heavy atom. The molecule has 0 aliphatic carbocycles. The average molecular weight is 140 g/mol. The van der Waals surface area contributed by atoms with Gasteiger partial charge in [-0.2, -0.15) is 5.10 Å². The Morgan fingerprint density at radius 1 is 1.80 bits per heavy atom. The summed E-state index contributed by atoms with van der Waals surface area (Å²) in [6.07, 6.45) is 1.49. The molecule has 1 rings (SSSR count). The van der Waals surface area contributed by atoms with Gasteiger partial charge in [0.2, 0.25) is 0 Å². The quantitative estimate of drug-likeness (QED) is 0.533. The summed E-state index contributed by atoms with van der Waals surface area (Å²) in [6.45, 7) is 0. The number of aromatic nitrogens is 2. The minimum absolute atomic E-state index is 0. The third-order valence-corrected chi connectivity index (χ3v) is 0.967. The zero-order valence-corrected chi connectivity index (χ0v) is 5.44. The first-order chi connectivity index (χ1) is 4.84. The maximum atomic E-state index is 10.7. The number of hydrogen-bond donors (Lipinski definition) is 0. The zero-order valence-electron chi connectivity index (χ0n) is 5.44. The molecule has 1 heterocycles. The second-order valence-electron chi connectivity index (χ2n) is 1.60. The molecule has 10 heavy (non-hydrogen) atoms. The Bertz CT molecular complexity index is 227. The fourth-order valence-electron chi connectivity index (χ4n) is 0.515. The number of methoxy groups -OCH3 is 1. The maximum absolute atomic E-state index is 10.7. The molecule has 0 bridgehead atoms. The highest BCUT2D eigenvalue weighted by atomic mass is 16.5. The maximum Gasteiger partial charge on any atom is 0.358 e. The molecule has 4 heteroatoms. The van der Waals surface area contributed by atoms with Crippen LogP contribution in [0.5, 0.6) is 0 Å². The topological polar surface area (TPSA) is 52.1 Å². The summed E-state index contributed by atoms with van der Waals surface area (Å²) in [6, 6.07) is 3.16. The van der Waals surface area contributed by atoms with Crippen LogP contribution in [0.4, 0.5) is 0 Å². The van der Waals surface area contributed by atoms with Crippen molar-refractivity contribution in [3.8, 4) is 0 Å². The molecule has 4 nitrogen and oxygen atoms in total. The van der Waals surface area contributed by atoms with Crippen molar-refractivity contribution in [2.45, 2.75) is 0 Å². The van der Waals surface area contributed by atoms with E-state index in [1.807, 2.05) is 0 Å². The number of esters is 1. The lowest BCUT2D eigenvalue weighted by atomic mass is 10.4. The Kier molecular flexibility index (Phi) is 1.94. The van der Waals surface area contributed by atoms with E-state index in [1.54, 1.807) is 12.1 Å². The second kappa shape index (κ2) is 2.91. The van der Waals surface area contributed by atoms with Crippen molar-refractivity contribution in [1.29, 1.82) is 0 Å². The van der Waals surface area contributed by atoms with Crippen molar-refractivity contribution in [1.82, 2.24) is 10.2 Å². The number of carbonyl (C=O) groups excluding carboxylic acids is 1. The fraction of sp³-hybridized carbons (Fsp3) is 0.167. The van der Waals surface area contributed by atoms with Gasteiger partial charge in [-0.05, 0) is 12.1 Å². The van der Waals surface area contributed by atoms with Crippen molar-refractivity contribution in [3.05, 3.63) is 24.0 Å². The van der Waals surface area contributed by atoms with Crippen molar-refractivity contribution >= 4 is 5.97 Å². The summed E-state index contributed by atoms with van der Waals surface area (Å²) in [5.41, 5.74) is 0.227. The predicted octanol–water partition coefficient (Wildman–Crippen LogP) is 0.509. The van der Waals surface area contributed by atoms with E-state index in [-0.39, 0.29) is 7.12 Å². The van der Waals surface area contributed by atoms with Crippen molar-refractivity contribution < 1.29 is 11.0 Å². The summed E-state index contributed by atoms with van der Waals surface area (Å²) in [5.74, 6) is -0.465. The number of carbonyl (C=O) groups is 1. The standard InChI is InChI=1S/C6H6N2O2.H2/c1-10-6(9)5-3-2-4-7-8-5;/h2-4H,1H3;1H. The van der Waals surface area contributed by atoms with Crippen LogP contribution < -0.4 is 0 Å². The monoisotopic (exact) mass is 140 g/mol. The van der Waals surface area contributed by atoms with Crippen LogP contribution in [0.2, 0.25) is 0 Å². The van der Waals surface area contributed by atoms with Gasteiger partial charge in [0.15, 0.2) is 5.69 Å². The van der Waals surface area contributed by atoms with E-state index in [0.717, 1.165) is 0 Å². The third kappa shape index (κ3) is 1.28. The number of hydrogen-bond acceptors (Lipinski definition) is 4. The summed E-state index contributed by atoms with van der Waals surface area (Å²) >= 11 is 0. The Labute approximate surface area is 59.3 Å². The van der Waals surface area contributed by atoms with Gasteiger partial charge in [0.05, 0.1) is 7.11 Å². The average Bonchev–Trinajstić information content (AvgIpc) is 2.05. The molecule has 0 radical (unpaired) electrons. The van der Waals surface area contributed by atoms with Gasteiger partial charge in [0.25, 0.3) is 0 Å². The predicted molar refractivity (Wildman–Crippen MR) is 35.5 cm³/mol. The van der Waals surface area contributed by atoms with E-state index in [1.165, 1.54) is 13.3 Å². The SMILES string of the molecule is COC(=O)c1cccnn1.[HH]. The van der Waals surface area contributed by atoms with Crippen LogP contribution in [0.25, 0.3) is 0 Å². The van der Waals surface area contributed by atoms with Crippen LogP contribution in [0.15, 0.2) is 18.3 Å². The van der Waals surface area contributed by atoms with Gasteiger partial charge < -0.3 is 4.74 Å². The molecule has 1 aromatic rings. The lowest BCUT2D eigenvalue weighted by molar-refractivity contribution is 0.0592. The summed E-state index contributed by atoms with van der Waals surface area (Å²) in [7, 11) is 1.30. The highest BCUT2D eigenvalue weighted by molar-refractivity contribution is 5.86. The van der Waals surface area contributed by atoms with E-state index in [2.05, 4.69) is 14.9 Å². The lowest BCUT2D eigenvalue weighted by Crippen LogP contribution is -2.04. The van der Waals surface area contributed by atoms with Gasteiger partial charge in [0.1, 0.15) is 0 Å². The van der Waals surface area contributed by atoms with Gasteiger partial charge in [-0.15, -0.1) is 5.10 Å². The molecule has 0 N–H and O–H groups in total. The van der Waals surface area contributed by atoms with Gasteiger partial charge in [-0.3, -0.25) is 0 Å². The van der Waals surface area contributed by atoms with Crippen LogP contribution >= 0.6 is 0 Å². The molecular weight excluding hydrogens is 132 g/mol. The normalized spacial score (nSPS) is 8.90. The van der Waals surface area contributed by atoms with Crippen LogP contribution in [0, 0.1) is 0 Å². The second-order valence-corrected chi connectivity index (χ2v) is 1.60. The summed E-state index contributed by atoms with van der Waals surface area (Å²) in [5, 5.41) is 7.03. The molecule has 0 fully saturated rings. The highest BCUT2D eigenvalue weighted by Gasteiger charge is 2.04. The molecule has 0 saturated heterocycles. The Balaban J connectivity index is 0.000001000. The summed E-state index contributed by atoms with van der Waals surface area (Å²) < 4.78 is 4.39. The van der Waals surface area contributed by atoms with Gasteiger partial charge in [-0.1, -0.05) is 0 Å². The van der Waals surface area contributed by atoms with E-state index in [0.29, 0.717) is 0 Å². The number of ether oxygens (including phenoxy) is 1. The number of rotatable bonds is 1. The minimum atomic E-state index is -0.465. The molecule has 0 aliphatic rings. The first-order valence-corrected chi connectivity index (χ1v) is 2.70. The smallest absolute Gasteiger partial charge is 0.358 e. The van der Waals surface area contributed by atoms with E-state index >= 15 is 0 Å².